The van der Waals surface area contributed by atoms with E-state index in [1.54, 1.807) is 11.9 Å². The highest BCUT2D eigenvalue weighted by atomic mass is 79.9. The molecule has 0 bridgehead atoms. The van der Waals surface area contributed by atoms with Crippen molar-refractivity contribution in [2.75, 3.05) is 25.5 Å². The number of aryl methyl sites for hydroxylation is 1. The Labute approximate surface area is 140 Å². The van der Waals surface area contributed by atoms with Crippen LogP contribution in [-0.2, 0) is 9.59 Å². The van der Waals surface area contributed by atoms with Crippen molar-refractivity contribution in [2.24, 2.45) is 0 Å². The van der Waals surface area contributed by atoms with E-state index in [9.17, 15) is 9.59 Å². The molecule has 0 aliphatic rings. The van der Waals surface area contributed by atoms with Crippen LogP contribution < -0.4 is 10.6 Å². The minimum atomic E-state index is -0.269. The summed E-state index contributed by atoms with van der Waals surface area (Å²) in [4.78, 5) is 25.5. The van der Waals surface area contributed by atoms with Crippen LogP contribution in [0, 0.1) is 6.92 Å². The number of hydrogen-bond acceptors (Lipinski definition) is 3. The van der Waals surface area contributed by atoms with Gasteiger partial charge in [-0.15, -0.1) is 0 Å². The average molecular weight is 370 g/mol. The van der Waals surface area contributed by atoms with Gasteiger partial charge < -0.3 is 10.6 Å². The Kier molecular flexibility index (Phi) is 6.56. The van der Waals surface area contributed by atoms with Crippen molar-refractivity contribution < 1.29 is 9.59 Å². The van der Waals surface area contributed by atoms with Gasteiger partial charge in [-0.3, -0.25) is 14.5 Å². The van der Waals surface area contributed by atoms with Crippen LogP contribution in [0.4, 0.5) is 5.69 Å². The maximum absolute atomic E-state index is 12.0. The first-order valence-electron chi connectivity index (χ1n) is 7.12. The minimum Gasteiger partial charge on any atom is -0.350 e. The smallest absolute Gasteiger partial charge is 0.238 e. The fraction of sp³-hybridized carbons (Fsp3) is 0.500. The lowest BCUT2D eigenvalue weighted by Crippen LogP contribution is -2.46. The molecule has 0 aromatic heterocycles. The third-order valence-corrected chi connectivity index (χ3v) is 3.65. The van der Waals surface area contributed by atoms with Crippen LogP contribution in [-0.4, -0.2) is 42.4 Å². The van der Waals surface area contributed by atoms with Crippen LogP contribution in [0.15, 0.2) is 22.7 Å². The zero-order chi connectivity index (χ0) is 16.9. The van der Waals surface area contributed by atoms with E-state index in [1.165, 1.54) is 0 Å². The summed E-state index contributed by atoms with van der Waals surface area (Å²) in [5.41, 5.74) is 1.57. The molecular weight excluding hydrogens is 346 g/mol. The van der Waals surface area contributed by atoms with Crippen LogP contribution in [0.25, 0.3) is 0 Å². The van der Waals surface area contributed by atoms with Gasteiger partial charge in [0.2, 0.25) is 11.8 Å². The second-order valence-electron chi connectivity index (χ2n) is 6.48. The zero-order valence-electron chi connectivity index (χ0n) is 13.8. The topological polar surface area (TPSA) is 61.4 Å². The summed E-state index contributed by atoms with van der Waals surface area (Å²) in [7, 11) is 1.74. The fourth-order valence-corrected chi connectivity index (χ4v) is 2.25. The number of halogens is 1. The SMILES string of the molecule is Cc1ccc(NC(=O)CN(C)CC(=O)NC(C)(C)C)cc1Br. The molecule has 0 fully saturated rings. The van der Waals surface area contributed by atoms with Gasteiger partial charge in [-0.05, 0) is 52.4 Å². The highest BCUT2D eigenvalue weighted by molar-refractivity contribution is 9.10. The Morgan fingerprint density at radius 2 is 1.77 bits per heavy atom. The molecule has 0 aliphatic carbocycles. The van der Waals surface area contributed by atoms with Crippen molar-refractivity contribution in [1.82, 2.24) is 10.2 Å². The summed E-state index contributed by atoms with van der Waals surface area (Å²) in [6.07, 6.45) is 0. The summed E-state index contributed by atoms with van der Waals surface area (Å²) < 4.78 is 0.947. The van der Waals surface area contributed by atoms with E-state index < -0.39 is 0 Å². The maximum Gasteiger partial charge on any atom is 0.238 e. The molecule has 1 aromatic rings. The molecule has 2 amide bonds. The van der Waals surface area contributed by atoms with Gasteiger partial charge in [0.05, 0.1) is 13.1 Å². The van der Waals surface area contributed by atoms with Crippen molar-refractivity contribution in [3.8, 4) is 0 Å². The van der Waals surface area contributed by atoms with Crippen molar-refractivity contribution in [2.45, 2.75) is 33.2 Å². The van der Waals surface area contributed by atoms with Crippen molar-refractivity contribution in [3.05, 3.63) is 28.2 Å². The second kappa shape index (κ2) is 7.74. The zero-order valence-corrected chi connectivity index (χ0v) is 15.4. The molecule has 6 heteroatoms. The first-order valence-corrected chi connectivity index (χ1v) is 7.92. The third kappa shape index (κ3) is 7.04. The highest BCUT2D eigenvalue weighted by Gasteiger charge is 2.16. The number of benzene rings is 1. The average Bonchev–Trinajstić information content (AvgIpc) is 2.30. The largest absolute Gasteiger partial charge is 0.350 e. The van der Waals surface area contributed by atoms with Crippen molar-refractivity contribution in [1.29, 1.82) is 0 Å². The van der Waals surface area contributed by atoms with Crippen LogP contribution >= 0.6 is 15.9 Å². The summed E-state index contributed by atoms with van der Waals surface area (Å²) in [5.74, 6) is -0.248. The molecular formula is C16H24BrN3O2. The third-order valence-electron chi connectivity index (χ3n) is 2.80. The number of likely N-dealkylation sites (N-methyl/N-ethyl adjacent to an activating group) is 1. The number of rotatable bonds is 5. The molecule has 0 unspecified atom stereocenters. The van der Waals surface area contributed by atoms with E-state index >= 15 is 0 Å². The van der Waals surface area contributed by atoms with E-state index in [2.05, 4.69) is 26.6 Å². The monoisotopic (exact) mass is 369 g/mol. The van der Waals surface area contributed by atoms with Gasteiger partial charge in [0.25, 0.3) is 0 Å². The van der Waals surface area contributed by atoms with Gasteiger partial charge in [0.1, 0.15) is 0 Å². The van der Waals surface area contributed by atoms with E-state index in [0.717, 1.165) is 15.7 Å². The lowest BCUT2D eigenvalue weighted by atomic mass is 10.1. The molecule has 22 heavy (non-hydrogen) atoms. The normalized spacial score (nSPS) is 11.4. The standard InChI is InChI=1S/C16H24BrN3O2/c1-11-6-7-12(8-13(11)17)18-14(21)9-20(5)10-15(22)19-16(2,3)4/h6-8H,9-10H2,1-5H3,(H,18,21)(H,19,22). The number of hydrogen-bond donors (Lipinski definition) is 2. The molecule has 0 spiro atoms. The predicted octanol–water partition coefficient (Wildman–Crippen LogP) is 2.54. The number of amides is 2. The first-order chi connectivity index (χ1) is 10.1. The number of carbonyl (C=O) groups excluding carboxylic acids is 2. The number of nitrogens with one attached hydrogen (secondary N) is 2. The highest BCUT2D eigenvalue weighted by Crippen LogP contribution is 2.20. The Hall–Kier alpha value is -1.40. The Balaban J connectivity index is 2.47. The van der Waals surface area contributed by atoms with E-state index in [1.807, 2.05) is 45.9 Å². The van der Waals surface area contributed by atoms with E-state index in [4.69, 9.17) is 0 Å². The second-order valence-corrected chi connectivity index (χ2v) is 7.34. The fourth-order valence-electron chi connectivity index (χ4n) is 1.88. The lowest BCUT2D eigenvalue weighted by molar-refractivity contribution is -0.124. The molecule has 2 N–H and O–H groups in total. The molecule has 0 atom stereocenters. The quantitative estimate of drug-likeness (QED) is 0.838. The molecule has 1 aromatic carbocycles. The minimum absolute atomic E-state index is 0.0964. The van der Waals surface area contributed by atoms with Crippen LogP contribution in [0.3, 0.4) is 0 Å². The van der Waals surface area contributed by atoms with Gasteiger partial charge in [-0.25, -0.2) is 0 Å². The maximum atomic E-state index is 12.0. The van der Waals surface area contributed by atoms with Gasteiger partial charge in [-0.1, -0.05) is 22.0 Å². The van der Waals surface area contributed by atoms with Crippen LogP contribution in [0.1, 0.15) is 26.3 Å². The lowest BCUT2D eigenvalue weighted by Gasteiger charge is -2.23. The molecule has 122 valence electrons. The molecule has 0 aliphatic heterocycles. The van der Waals surface area contributed by atoms with Crippen molar-refractivity contribution in [3.63, 3.8) is 0 Å². The predicted molar refractivity (Wildman–Crippen MR) is 92.9 cm³/mol. The van der Waals surface area contributed by atoms with Crippen LogP contribution in [0.5, 0.6) is 0 Å². The summed E-state index contributed by atoms with van der Waals surface area (Å²) in [5, 5.41) is 5.69. The number of nitrogens with zero attached hydrogens (tertiary/aromatic N) is 1. The summed E-state index contributed by atoms with van der Waals surface area (Å²) in [6.45, 7) is 8.09. The Morgan fingerprint density at radius 3 is 2.32 bits per heavy atom. The van der Waals surface area contributed by atoms with Gasteiger partial charge in [0, 0.05) is 15.7 Å². The Bertz CT molecular complexity index is 553. The van der Waals surface area contributed by atoms with Gasteiger partial charge >= 0.3 is 0 Å². The van der Waals surface area contributed by atoms with E-state index in [-0.39, 0.29) is 30.4 Å². The number of carbonyl (C=O) groups is 2. The van der Waals surface area contributed by atoms with E-state index in [0.29, 0.717) is 0 Å². The molecule has 1 rings (SSSR count). The molecule has 0 radical (unpaired) electrons. The molecule has 0 heterocycles. The summed E-state index contributed by atoms with van der Waals surface area (Å²) in [6, 6.07) is 5.64. The first kappa shape index (κ1) is 18.6. The van der Waals surface area contributed by atoms with Crippen molar-refractivity contribution >= 4 is 33.4 Å². The Morgan fingerprint density at radius 1 is 1.18 bits per heavy atom. The molecule has 0 saturated heterocycles. The summed E-state index contributed by atoms with van der Waals surface area (Å²) >= 11 is 3.43. The molecule has 0 saturated carbocycles. The number of anilines is 1. The molecule has 5 nitrogen and oxygen atoms in total. The van der Waals surface area contributed by atoms with Gasteiger partial charge in [-0.2, -0.15) is 0 Å². The van der Waals surface area contributed by atoms with Gasteiger partial charge in [0.15, 0.2) is 0 Å². The van der Waals surface area contributed by atoms with Crippen LogP contribution in [0.2, 0.25) is 0 Å².